The Hall–Kier alpha value is -2.48. The highest BCUT2D eigenvalue weighted by Crippen LogP contribution is 2.18. The number of ether oxygens (including phenoxy) is 1. The van der Waals surface area contributed by atoms with E-state index >= 15 is 0 Å². The number of benzene rings is 1. The molecule has 1 aliphatic rings. The maximum atomic E-state index is 12.9. The minimum Gasteiger partial charge on any atom is -0.469 e. The third-order valence-corrected chi connectivity index (χ3v) is 4.69. The van der Waals surface area contributed by atoms with Gasteiger partial charge in [-0.2, -0.15) is 0 Å². The van der Waals surface area contributed by atoms with E-state index in [1.807, 2.05) is 31.0 Å². The van der Waals surface area contributed by atoms with Crippen molar-refractivity contribution in [3.63, 3.8) is 0 Å². The van der Waals surface area contributed by atoms with Crippen molar-refractivity contribution < 1.29 is 14.3 Å². The van der Waals surface area contributed by atoms with Gasteiger partial charge in [-0.1, -0.05) is 5.21 Å². The Kier molecular flexibility index (Phi) is 4.98. The van der Waals surface area contributed by atoms with Crippen molar-refractivity contribution in [1.29, 1.82) is 0 Å². The molecule has 1 fully saturated rings. The van der Waals surface area contributed by atoms with Gasteiger partial charge in [-0.3, -0.25) is 14.5 Å². The van der Waals surface area contributed by atoms with Crippen LogP contribution in [0, 0.1) is 0 Å². The number of methoxy groups -OCH3 is 1. The number of hydrogen-bond donors (Lipinski definition) is 0. The molecular weight excluding hydrogens is 322 g/mol. The summed E-state index contributed by atoms with van der Waals surface area (Å²) in [6.45, 7) is 4.82. The minimum absolute atomic E-state index is 0.00710. The summed E-state index contributed by atoms with van der Waals surface area (Å²) in [5.41, 5.74) is 2.25. The Morgan fingerprint density at radius 3 is 2.84 bits per heavy atom. The van der Waals surface area contributed by atoms with Crippen molar-refractivity contribution in [2.45, 2.75) is 19.4 Å². The van der Waals surface area contributed by atoms with Crippen LogP contribution in [0.5, 0.6) is 0 Å². The molecule has 1 amide bonds. The van der Waals surface area contributed by atoms with Gasteiger partial charge in [0, 0.05) is 44.8 Å². The molecule has 0 unspecified atom stereocenters. The lowest BCUT2D eigenvalue weighted by atomic mass is 10.1. The number of piperazine rings is 1. The van der Waals surface area contributed by atoms with Gasteiger partial charge >= 0.3 is 5.97 Å². The molecule has 134 valence electrons. The van der Waals surface area contributed by atoms with Gasteiger partial charge in [0.05, 0.1) is 19.0 Å². The van der Waals surface area contributed by atoms with Crippen molar-refractivity contribution in [3.8, 4) is 0 Å². The summed E-state index contributed by atoms with van der Waals surface area (Å²) < 4.78 is 6.37. The second-order valence-electron chi connectivity index (χ2n) is 6.39. The fourth-order valence-electron chi connectivity index (χ4n) is 3.23. The van der Waals surface area contributed by atoms with Crippen LogP contribution >= 0.6 is 0 Å². The average molecular weight is 345 g/mol. The van der Waals surface area contributed by atoms with Gasteiger partial charge < -0.3 is 9.64 Å². The zero-order valence-electron chi connectivity index (χ0n) is 14.8. The molecule has 1 aliphatic heterocycles. The lowest BCUT2D eigenvalue weighted by Gasteiger charge is -2.39. The Labute approximate surface area is 146 Å². The molecule has 2 aromatic rings. The summed E-state index contributed by atoms with van der Waals surface area (Å²) >= 11 is 0. The molecule has 2 heterocycles. The molecule has 1 atom stereocenters. The van der Waals surface area contributed by atoms with E-state index in [1.165, 1.54) is 7.11 Å². The van der Waals surface area contributed by atoms with Crippen LogP contribution in [0.2, 0.25) is 0 Å². The minimum atomic E-state index is -0.205. The number of esters is 1. The van der Waals surface area contributed by atoms with Crippen LogP contribution in [0.1, 0.15) is 23.7 Å². The molecule has 0 N–H and O–H groups in total. The summed E-state index contributed by atoms with van der Waals surface area (Å²) in [5, 5.41) is 8.05. The zero-order valence-corrected chi connectivity index (χ0v) is 14.8. The van der Waals surface area contributed by atoms with Crippen LogP contribution in [-0.4, -0.2) is 76.0 Å². The van der Waals surface area contributed by atoms with Gasteiger partial charge in [-0.15, -0.1) is 5.10 Å². The topological polar surface area (TPSA) is 80.6 Å². The van der Waals surface area contributed by atoms with Crippen molar-refractivity contribution in [2.75, 3.05) is 33.3 Å². The number of amides is 1. The van der Waals surface area contributed by atoms with Crippen LogP contribution < -0.4 is 0 Å². The van der Waals surface area contributed by atoms with E-state index in [9.17, 15) is 9.59 Å². The van der Waals surface area contributed by atoms with Crippen LogP contribution in [0.15, 0.2) is 18.2 Å². The van der Waals surface area contributed by atoms with Crippen LogP contribution in [0.25, 0.3) is 11.0 Å². The van der Waals surface area contributed by atoms with E-state index in [0.717, 1.165) is 24.1 Å². The van der Waals surface area contributed by atoms with Crippen LogP contribution in [0.4, 0.5) is 0 Å². The van der Waals surface area contributed by atoms with Gasteiger partial charge in [0.15, 0.2) is 0 Å². The first-order chi connectivity index (χ1) is 12.0. The van der Waals surface area contributed by atoms with Gasteiger partial charge in [0.2, 0.25) is 0 Å². The number of fused-ring (bicyclic) bond motifs is 1. The molecule has 1 aromatic carbocycles. The fraction of sp³-hybridized carbons (Fsp3) is 0.529. The molecule has 0 spiro atoms. The number of hydrogen-bond acceptors (Lipinski definition) is 6. The molecule has 8 nitrogen and oxygen atoms in total. The molecule has 1 aromatic heterocycles. The van der Waals surface area contributed by atoms with E-state index in [0.29, 0.717) is 25.1 Å². The average Bonchev–Trinajstić information content (AvgIpc) is 2.99. The number of aryl methyl sites for hydroxylation is 1. The normalized spacial score (nSPS) is 18.5. The Morgan fingerprint density at radius 2 is 2.12 bits per heavy atom. The molecule has 0 aliphatic carbocycles. The molecule has 1 saturated heterocycles. The number of nitrogens with zero attached hydrogens (tertiary/aromatic N) is 5. The predicted octanol–water partition coefficient (Wildman–Crippen LogP) is 0.678. The highest BCUT2D eigenvalue weighted by Gasteiger charge is 2.28. The van der Waals surface area contributed by atoms with Crippen molar-refractivity contribution in [1.82, 2.24) is 24.8 Å². The Bertz CT molecular complexity index is 788. The summed E-state index contributed by atoms with van der Waals surface area (Å²) in [6, 6.07) is 5.57. The summed E-state index contributed by atoms with van der Waals surface area (Å²) in [4.78, 5) is 28.2. The van der Waals surface area contributed by atoms with Crippen LogP contribution in [0.3, 0.4) is 0 Å². The van der Waals surface area contributed by atoms with Crippen LogP contribution in [-0.2, 0) is 16.6 Å². The van der Waals surface area contributed by atoms with Crippen molar-refractivity contribution in [2.24, 2.45) is 7.05 Å². The highest BCUT2D eigenvalue weighted by atomic mass is 16.5. The fourth-order valence-corrected chi connectivity index (χ4v) is 3.23. The maximum absolute atomic E-state index is 12.9. The number of aromatic nitrogens is 3. The molecule has 8 heteroatoms. The van der Waals surface area contributed by atoms with Gasteiger partial charge in [0.1, 0.15) is 5.52 Å². The summed E-state index contributed by atoms with van der Waals surface area (Å²) in [7, 11) is 3.22. The standard InChI is InChI=1S/C17H23N5O3/c1-12-11-21(7-6-16(23)25-3)8-9-22(12)17(24)13-4-5-15-14(10-13)18-19-20(15)2/h4-5,10,12H,6-9,11H2,1-3H3/t12-/m0/s1. The lowest BCUT2D eigenvalue weighted by Crippen LogP contribution is -2.54. The maximum Gasteiger partial charge on any atom is 0.306 e. The monoisotopic (exact) mass is 345 g/mol. The summed E-state index contributed by atoms with van der Waals surface area (Å²) in [6.07, 6.45) is 0.376. The van der Waals surface area contributed by atoms with Crippen molar-refractivity contribution in [3.05, 3.63) is 23.8 Å². The number of rotatable bonds is 4. The highest BCUT2D eigenvalue weighted by molar-refractivity contribution is 5.97. The van der Waals surface area contributed by atoms with Gasteiger partial charge in [-0.05, 0) is 25.1 Å². The van der Waals surface area contributed by atoms with E-state index in [-0.39, 0.29) is 17.9 Å². The first-order valence-corrected chi connectivity index (χ1v) is 8.39. The SMILES string of the molecule is COC(=O)CCN1CCN(C(=O)c2ccc3c(c2)nnn3C)[C@@H](C)C1. The third-order valence-electron chi connectivity index (χ3n) is 4.69. The molecule has 3 rings (SSSR count). The third kappa shape index (κ3) is 3.63. The molecule has 0 saturated carbocycles. The lowest BCUT2D eigenvalue weighted by molar-refractivity contribution is -0.141. The zero-order chi connectivity index (χ0) is 18.0. The van der Waals surface area contributed by atoms with Gasteiger partial charge in [0.25, 0.3) is 5.91 Å². The largest absolute Gasteiger partial charge is 0.469 e. The van der Waals surface area contributed by atoms with E-state index in [2.05, 4.69) is 19.9 Å². The Balaban J connectivity index is 1.65. The number of carbonyl (C=O) groups excluding carboxylic acids is 2. The molecule has 0 radical (unpaired) electrons. The predicted molar refractivity (Wildman–Crippen MR) is 92.1 cm³/mol. The quantitative estimate of drug-likeness (QED) is 0.758. The smallest absolute Gasteiger partial charge is 0.306 e. The second-order valence-corrected chi connectivity index (χ2v) is 6.39. The summed E-state index contributed by atoms with van der Waals surface area (Å²) in [5.74, 6) is -0.198. The van der Waals surface area contributed by atoms with E-state index in [4.69, 9.17) is 0 Å². The van der Waals surface area contributed by atoms with E-state index in [1.54, 1.807) is 10.7 Å². The first-order valence-electron chi connectivity index (χ1n) is 8.39. The first kappa shape index (κ1) is 17.3. The second kappa shape index (κ2) is 7.18. The molecular formula is C17H23N5O3. The molecule has 25 heavy (non-hydrogen) atoms. The number of carbonyl (C=O) groups is 2. The van der Waals surface area contributed by atoms with Crippen molar-refractivity contribution >= 4 is 22.9 Å². The van der Waals surface area contributed by atoms with Gasteiger partial charge in [-0.25, -0.2) is 4.68 Å². The molecule has 0 bridgehead atoms. The Morgan fingerprint density at radius 1 is 1.32 bits per heavy atom. The van der Waals surface area contributed by atoms with E-state index < -0.39 is 0 Å².